The van der Waals surface area contributed by atoms with E-state index in [4.69, 9.17) is 21.7 Å². The zero-order chi connectivity index (χ0) is 19.5. The Hall–Kier alpha value is -2.15. The number of aromatic nitrogens is 3. The summed E-state index contributed by atoms with van der Waals surface area (Å²) in [6, 6.07) is 5.85. The molecular weight excluding hydrogens is 360 g/mol. The van der Waals surface area contributed by atoms with Gasteiger partial charge in [0.05, 0.1) is 19.4 Å². The van der Waals surface area contributed by atoms with Crippen molar-refractivity contribution >= 4 is 18.4 Å². The van der Waals surface area contributed by atoms with Crippen LogP contribution in [0.4, 0.5) is 0 Å². The first-order valence-corrected chi connectivity index (χ1v) is 10.2. The minimum Gasteiger partial charge on any atom is -0.490 e. The predicted molar refractivity (Wildman–Crippen MR) is 112 cm³/mol. The molecule has 0 fully saturated rings. The molecule has 0 unspecified atom stereocenters. The fourth-order valence-electron chi connectivity index (χ4n) is 2.59. The van der Waals surface area contributed by atoms with E-state index in [1.807, 2.05) is 25.1 Å². The Morgan fingerprint density at radius 2 is 1.93 bits per heavy atom. The Labute approximate surface area is 166 Å². The molecule has 1 heterocycles. The molecule has 0 spiro atoms. The van der Waals surface area contributed by atoms with Crippen LogP contribution in [0.2, 0.25) is 0 Å². The van der Waals surface area contributed by atoms with Gasteiger partial charge in [0.1, 0.15) is 0 Å². The molecule has 1 aromatic carbocycles. The molecule has 0 aliphatic heterocycles. The lowest BCUT2D eigenvalue weighted by molar-refractivity contribution is 0.271. The molecule has 0 bridgehead atoms. The van der Waals surface area contributed by atoms with Gasteiger partial charge in [-0.15, -0.1) is 0 Å². The smallest absolute Gasteiger partial charge is 0.216 e. The molecule has 27 heavy (non-hydrogen) atoms. The molecule has 0 amide bonds. The Kier molecular flexibility index (Phi) is 9.04. The van der Waals surface area contributed by atoms with Crippen LogP contribution >= 0.6 is 12.2 Å². The van der Waals surface area contributed by atoms with Crippen molar-refractivity contribution in [1.82, 2.24) is 14.9 Å². The number of nitrogens with zero attached hydrogens (tertiary/aromatic N) is 3. The maximum atomic E-state index is 5.87. The van der Waals surface area contributed by atoms with E-state index in [-0.39, 0.29) is 0 Å². The number of nitrogens with one attached hydrogen (secondary N) is 1. The van der Waals surface area contributed by atoms with Gasteiger partial charge in [0.2, 0.25) is 4.77 Å². The van der Waals surface area contributed by atoms with Crippen molar-refractivity contribution in [3.63, 3.8) is 0 Å². The van der Waals surface area contributed by atoms with E-state index in [0.717, 1.165) is 48.6 Å². The zero-order valence-electron chi connectivity index (χ0n) is 16.5. The highest BCUT2D eigenvalue weighted by molar-refractivity contribution is 7.71. The van der Waals surface area contributed by atoms with E-state index in [1.165, 1.54) is 12.8 Å². The van der Waals surface area contributed by atoms with Crippen molar-refractivity contribution in [3.05, 3.63) is 34.4 Å². The second-order valence-corrected chi connectivity index (χ2v) is 6.69. The van der Waals surface area contributed by atoms with Crippen molar-refractivity contribution in [2.75, 3.05) is 13.2 Å². The normalized spacial score (nSPS) is 11.2. The van der Waals surface area contributed by atoms with Crippen LogP contribution in [0.5, 0.6) is 11.5 Å². The number of aryl methyl sites for hydroxylation is 1. The van der Waals surface area contributed by atoms with Gasteiger partial charge in [-0.3, -0.25) is 5.10 Å². The van der Waals surface area contributed by atoms with Gasteiger partial charge < -0.3 is 9.47 Å². The lowest BCUT2D eigenvalue weighted by Gasteiger charge is -2.12. The standard InChI is InChI=1S/C20H30N4O2S/c1-4-7-9-13-26-17-12-11-16(14-18(17)25-6-3)15-21-24-19(10-8-5-2)22-23-20(24)27/h11-12,14-15H,4-10,13H2,1-3H3,(H,23,27)/b21-15-. The van der Waals surface area contributed by atoms with E-state index < -0.39 is 0 Å². The maximum Gasteiger partial charge on any atom is 0.216 e. The van der Waals surface area contributed by atoms with Crippen LogP contribution in [-0.2, 0) is 6.42 Å². The van der Waals surface area contributed by atoms with Gasteiger partial charge in [-0.1, -0.05) is 33.1 Å². The van der Waals surface area contributed by atoms with Crippen molar-refractivity contribution in [2.24, 2.45) is 5.10 Å². The van der Waals surface area contributed by atoms with Crippen LogP contribution in [0, 0.1) is 4.77 Å². The number of rotatable bonds is 12. The third-order valence-electron chi connectivity index (χ3n) is 4.07. The van der Waals surface area contributed by atoms with E-state index in [0.29, 0.717) is 18.0 Å². The third kappa shape index (κ3) is 6.50. The zero-order valence-corrected chi connectivity index (χ0v) is 17.3. The molecule has 0 radical (unpaired) electrons. The second kappa shape index (κ2) is 11.5. The van der Waals surface area contributed by atoms with Gasteiger partial charge in [0.25, 0.3) is 0 Å². The first-order valence-electron chi connectivity index (χ1n) is 9.79. The third-order valence-corrected chi connectivity index (χ3v) is 4.33. The largest absolute Gasteiger partial charge is 0.490 e. The van der Waals surface area contributed by atoms with Crippen molar-refractivity contribution in [1.29, 1.82) is 0 Å². The summed E-state index contributed by atoms with van der Waals surface area (Å²) in [6.07, 6.45) is 8.15. The minimum absolute atomic E-state index is 0.498. The predicted octanol–water partition coefficient (Wildman–Crippen LogP) is 5.13. The Morgan fingerprint density at radius 3 is 2.67 bits per heavy atom. The molecule has 1 N–H and O–H groups in total. The van der Waals surface area contributed by atoms with Gasteiger partial charge in [0.15, 0.2) is 17.3 Å². The number of hydrogen-bond acceptors (Lipinski definition) is 5. The Morgan fingerprint density at radius 1 is 1.11 bits per heavy atom. The fraction of sp³-hybridized carbons (Fsp3) is 0.550. The molecule has 7 heteroatoms. The van der Waals surface area contributed by atoms with Crippen LogP contribution in [0.3, 0.4) is 0 Å². The van der Waals surface area contributed by atoms with Crippen LogP contribution in [-0.4, -0.2) is 34.3 Å². The summed E-state index contributed by atoms with van der Waals surface area (Å²) in [5.41, 5.74) is 0.920. The van der Waals surface area contributed by atoms with Gasteiger partial charge in [0, 0.05) is 6.42 Å². The number of H-pyrrole nitrogens is 1. The second-order valence-electron chi connectivity index (χ2n) is 6.30. The average Bonchev–Trinajstić information content (AvgIpc) is 3.03. The molecule has 6 nitrogen and oxygen atoms in total. The van der Waals surface area contributed by atoms with Gasteiger partial charge in [-0.25, -0.2) is 0 Å². The highest BCUT2D eigenvalue weighted by Gasteiger charge is 2.07. The summed E-state index contributed by atoms with van der Waals surface area (Å²) in [5.74, 6) is 2.35. The summed E-state index contributed by atoms with van der Waals surface area (Å²) in [6.45, 7) is 7.58. The molecule has 0 aliphatic rings. The quantitative estimate of drug-likeness (QED) is 0.310. The lowest BCUT2D eigenvalue weighted by atomic mass is 10.2. The van der Waals surface area contributed by atoms with E-state index in [2.05, 4.69) is 29.1 Å². The van der Waals surface area contributed by atoms with E-state index >= 15 is 0 Å². The summed E-state index contributed by atoms with van der Waals surface area (Å²) < 4.78 is 13.8. The summed E-state index contributed by atoms with van der Waals surface area (Å²) in [4.78, 5) is 0. The minimum atomic E-state index is 0.498. The number of hydrogen-bond donors (Lipinski definition) is 1. The maximum absolute atomic E-state index is 5.87. The van der Waals surface area contributed by atoms with Crippen LogP contribution < -0.4 is 9.47 Å². The first kappa shape index (κ1) is 21.2. The Balaban J connectivity index is 2.14. The van der Waals surface area contributed by atoms with Crippen molar-refractivity contribution < 1.29 is 9.47 Å². The Bertz CT molecular complexity index is 783. The van der Waals surface area contributed by atoms with Crippen LogP contribution in [0.1, 0.15) is 64.3 Å². The molecule has 2 aromatic rings. The molecular formula is C20H30N4O2S. The van der Waals surface area contributed by atoms with Crippen molar-refractivity contribution in [2.45, 2.75) is 59.3 Å². The monoisotopic (exact) mass is 390 g/mol. The summed E-state index contributed by atoms with van der Waals surface area (Å²) >= 11 is 5.28. The highest BCUT2D eigenvalue weighted by atomic mass is 32.1. The van der Waals surface area contributed by atoms with Crippen molar-refractivity contribution in [3.8, 4) is 11.5 Å². The SMILES string of the molecule is CCCCCOc1ccc(/C=N\n2c(CCCC)n[nH]c2=S)cc1OCC. The topological polar surface area (TPSA) is 64.4 Å². The summed E-state index contributed by atoms with van der Waals surface area (Å²) in [7, 11) is 0. The number of unbranched alkanes of at least 4 members (excludes halogenated alkanes) is 3. The van der Waals surface area contributed by atoms with Crippen LogP contribution in [0.25, 0.3) is 0 Å². The lowest BCUT2D eigenvalue weighted by Crippen LogP contribution is -2.02. The molecule has 2 rings (SSSR count). The average molecular weight is 391 g/mol. The molecule has 0 atom stereocenters. The fourth-order valence-corrected chi connectivity index (χ4v) is 2.79. The molecule has 148 valence electrons. The van der Waals surface area contributed by atoms with E-state index in [9.17, 15) is 0 Å². The first-order chi connectivity index (χ1) is 13.2. The molecule has 0 aliphatic carbocycles. The van der Waals surface area contributed by atoms with Gasteiger partial charge >= 0.3 is 0 Å². The number of aromatic amines is 1. The molecule has 1 aromatic heterocycles. The van der Waals surface area contributed by atoms with Gasteiger partial charge in [-0.2, -0.15) is 14.9 Å². The number of benzene rings is 1. The molecule has 0 saturated heterocycles. The van der Waals surface area contributed by atoms with Gasteiger partial charge in [-0.05, 0) is 55.7 Å². The molecule has 0 saturated carbocycles. The van der Waals surface area contributed by atoms with E-state index in [1.54, 1.807) is 10.9 Å². The summed E-state index contributed by atoms with van der Waals surface area (Å²) in [5, 5.41) is 11.6. The number of ether oxygens (including phenoxy) is 2. The highest BCUT2D eigenvalue weighted by Crippen LogP contribution is 2.28. The van der Waals surface area contributed by atoms with Crippen LogP contribution in [0.15, 0.2) is 23.3 Å².